The number of hydrogen-bond donors (Lipinski definition) is 0. The van der Waals surface area contributed by atoms with E-state index in [9.17, 15) is 9.59 Å². The summed E-state index contributed by atoms with van der Waals surface area (Å²) in [6, 6.07) is 0.225. The Kier molecular flexibility index (Phi) is 9.97. The molecule has 0 aromatic heterocycles. The summed E-state index contributed by atoms with van der Waals surface area (Å²) in [5.41, 5.74) is 0. The van der Waals surface area contributed by atoms with Crippen molar-refractivity contribution in [2.24, 2.45) is 0 Å². The van der Waals surface area contributed by atoms with Crippen LogP contribution in [0.1, 0.15) is 85.0 Å². The third kappa shape index (κ3) is 7.36. The van der Waals surface area contributed by atoms with Crippen molar-refractivity contribution in [3.63, 3.8) is 0 Å². The van der Waals surface area contributed by atoms with E-state index < -0.39 is 0 Å². The molecule has 1 fully saturated rings. The maximum Gasteiger partial charge on any atom is 0.224 e. The number of amides is 2. The Morgan fingerprint density at radius 3 is 2.30 bits per heavy atom. The van der Waals surface area contributed by atoms with Crippen LogP contribution in [0.2, 0.25) is 0 Å². The van der Waals surface area contributed by atoms with Crippen LogP contribution < -0.4 is 0 Å². The van der Waals surface area contributed by atoms with E-state index in [1.807, 2.05) is 9.80 Å². The van der Waals surface area contributed by atoms with Gasteiger partial charge >= 0.3 is 0 Å². The summed E-state index contributed by atoms with van der Waals surface area (Å²) < 4.78 is 0. The fraction of sp³-hybridized carbons (Fsp3) is 0.895. The molecule has 2 amide bonds. The van der Waals surface area contributed by atoms with E-state index in [1.165, 1.54) is 19.3 Å². The summed E-state index contributed by atoms with van der Waals surface area (Å²) >= 11 is 0. The van der Waals surface area contributed by atoms with Crippen molar-refractivity contribution in [1.82, 2.24) is 9.80 Å². The second-order valence-electron chi connectivity index (χ2n) is 6.85. The molecule has 0 spiro atoms. The fourth-order valence-electron chi connectivity index (χ4n) is 3.18. The highest BCUT2D eigenvalue weighted by atomic mass is 16.2. The van der Waals surface area contributed by atoms with Gasteiger partial charge in [0, 0.05) is 38.5 Å². The van der Waals surface area contributed by atoms with E-state index in [0.717, 1.165) is 45.2 Å². The van der Waals surface area contributed by atoms with E-state index in [1.54, 1.807) is 0 Å². The van der Waals surface area contributed by atoms with Crippen molar-refractivity contribution < 1.29 is 9.59 Å². The number of piperidine rings is 1. The molecule has 1 atom stereocenters. The highest BCUT2D eigenvalue weighted by molar-refractivity contribution is 5.79. The van der Waals surface area contributed by atoms with Crippen LogP contribution in [0.25, 0.3) is 0 Å². The molecule has 0 aromatic rings. The maximum atomic E-state index is 12.5. The lowest BCUT2D eigenvalue weighted by atomic mass is 10.1. The first-order chi connectivity index (χ1) is 11.1. The molecule has 1 aliphatic rings. The van der Waals surface area contributed by atoms with Crippen LogP contribution in [-0.2, 0) is 9.59 Å². The van der Waals surface area contributed by atoms with Gasteiger partial charge in [0.05, 0.1) is 0 Å². The van der Waals surface area contributed by atoms with Crippen LogP contribution in [0.5, 0.6) is 0 Å². The molecule has 1 heterocycles. The molecular weight excluding hydrogens is 288 g/mol. The van der Waals surface area contributed by atoms with Crippen molar-refractivity contribution in [3.8, 4) is 0 Å². The van der Waals surface area contributed by atoms with Gasteiger partial charge in [-0.05, 0) is 39.0 Å². The molecule has 0 N–H and O–H groups in total. The monoisotopic (exact) mass is 324 g/mol. The Balaban J connectivity index is 2.43. The predicted octanol–water partition coefficient (Wildman–Crippen LogP) is 3.99. The SMILES string of the molecule is CCCCCCC(=O)N(CCC(=O)N1CCCCC1)C(C)CC. The van der Waals surface area contributed by atoms with E-state index in [-0.39, 0.29) is 17.9 Å². The smallest absolute Gasteiger partial charge is 0.224 e. The van der Waals surface area contributed by atoms with Gasteiger partial charge in [0.25, 0.3) is 0 Å². The molecule has 23 heavy (non-hydrogen) atoms. The van der Waals surface area contributed by atoms with Crippen molar-refractivity contribution >= 4 is 11.8 Å². The number of likely N-dealkylation sites (tertiary alicyclic amines) is 1. The number of carbonyl (C=O) groups is 2. The fourth-order valence-corrected chi connectivity index (χ4v) is 3.18. The lowest BCUT2D eigenvalue weighted by Crippen LogP contribution is -2.42. The van der Waals surface area contributed by atoms with Gasteiger partial charge in [-0.2, -0.15) is 0 Å². The lowest BCUT2D eigenvalue weighted by Gasteiger charge is -2.31. The Labute approximate surface area is 142 Å². The standard InChI is InChI=1S/C19H36N2O2/c1-4-6-7-9-12-19(23)21(17(3)5-2)16-13-18(22)20-14-10-8-11-15-20/h17H,4-16H2,1-3H3. The van der Waals surface area contributed by atoms with Crippen molar-refractivity contribution in [2.45, 2.75) is 91.0 Å². The zero-order chi connectivity index (χ0) is 17.1. The maximum absolute atomic E-state index is 12.5. The minimum Gasteiger partial charge on any atom is -0.343 e. The summed E-state index contributed by atoms with van der Waals surface area (Å²) in [4.78, 5) is 28.7. The number of carbonyl (C=O) groups excluding carboxylic acids is 2. The summed E-state index contributed by atoms with van der Waals surface area (Å²) in [6.45, 7) is 8.75. The van der Waals surface area contributed by atoms with Crippen molar-refractivity contribution in [1.29, 1.82) is 0 Å². The predicted molar refractivity (Wildman–Crippen MR) is 95.3 cm³/mol. The van der Waals surface area contributed by atoms with Crippen LogP contribution in [0.15, 0.2) is 0 Å². The quantitative estimate of drug-likeness (QED) is 0.570. The van der Waals surface area contributed by atoms with E-state index in [4.69, 9.17) is 0 Å². The van der Waals surface area contributed by atoms with Crippen LogP contribution in [-0.4, -0.2) is 47.3 Å². The first kappa shape index (κ1) is 20.0. The first-order valence-corrected chi connectivity index (χ1v) is 9.67. The molecule has 4 heteroatoms. The second kappa shape index (κ2) is 11.5. The average Bonchev–Trinajstić information content (AvgIpc) is 2.59. The number of rotatable bonds is 10. The minimum atomic E-state index is 0.219. The third-order valence-electron chi connectivity index (χ3n) is 4.96. The van der Waals surface area contributed by atoms with Crippen LogP contribution in [0.3, 0.4) is 0 Å². The van der Waals surface area contributed by atoms with E-state index >= 15 is 0 Å². The second-order valence-corrected chi connectivity index (χ2v) is 6.85. The van der Waals surface area contributed by atoms with Gasteiger partial charge in [-0.25, -0.2) is 0 Å². The average molecular weight is 325 g/mol. The van der Waals surface area contributed by atoms with Gasteiger partial charge in [-0.3, -0.25) is 9.59 Å². The largest absolute Gasteiger partial charge is 0.343 e. The number of hydrogen-bond acceptors (Lipinski definition) is 2. The van der Waals surface area contributed by atoms with Crippen LogP contribution in [0, 0.1) is 0 Å². The minimum absolute atomic E-state index is 0.219. The highest BCUT2D eigenvalue weighted by Crippen LogP contribution is 2.13. The van der Waals surface area contributed by atoms with Gasteiger partial charge < -0.3 is 9.80 Å². The molecular formula is C19H36N2O2. The summed E-state index contributed by atoms with van der Waals surface area (Å²) in [6.07, 6.45) is 10.0. The van der Waals surface area contributed by atoms with Crippen molar-refractivity contribution in [2.75, 3.05) is 19.6 Å². The third-order valence-corrected chi connectivity index (χ3v) is 4.96. The molecule has 0 bridgehead atoms. The highest BCUT2D eigenvalue weighted by Gasteiger charge is 2.22. The lowest BCUT2D eigenvalue weighted by molar-refractivity contribution is -0.136. The molecule has 134 valence electrons. The zero-order valence-electron chi connectivity index (χ0n) is 15.5. The van der Waals surface area contributed by atoms with E-state index in [0.29, 0.717) is 19.4 Å². The normalized spacial score (nSPS) is 16.2. The summed E-state index contributed by atoms with van der Waals surface area (Å²) in [5.74, 6) is 0.443. The Bertz CT molecular complexity index is 351. The molecule has 1 unspecified atom stereocenters. The van der Waals surface area contributed by atoms with Gasteiger partial charge in [0.2, 0.25) is 11.8 Å². The molecule has 0 aliphatic carbocycles. The number of nitrogens with zero attached hydrogens (tertiary/aromatic N) is 2. The molecule has 1 aliphatic heterocycles. The topological polar surface area (TPSA) is 40.6 Å². The molecule has 0 aromatic carbocycles. The Hall–Kier alpha value is -1.06. The molecule has 0 saturated carbocycles. The summed E-state index contributed by atoms with van der Waals surface area (Å²) in [5, 5.41) is 0. The molecule has 1 rings (SSSR count). The molecule has 0 radical (unpaired) electrons. The van der Waals surface area contributed by atoms with Crippen LogP contribution >= 0.6 is 0 Å². The van der Waals surface area contributed by atoms with Crippen LogP contribution in [0.4, 0.5) is 0 Å². The van der Waals surface area contributed by atoms with E-state index in [2.05, 4.69) is 20.8 Å². The Morgan fingerprint density at radius 2 is 1.70 bits per heavy atom. The van der Waals surface area contributed by atoms with Crippen molar-refractivity contribution in [3.05, 3.63) is 0 Å². The Morgan fingerprint density at radius 1 is 1.00 bits per heavy atom. The van der Waals surface area contributed by atoms with Gasteiger partial charge in [-0.15, -0.1) is 0 Å². The zero-order valence-corrected chi connectivity index (χ0v) is 15.5. The molecule has 1 saturated heterocycles. The van der Waals surface area contributed by atoms with Gasteiger partial charge in [0.1, 0.15) is 0 Å². The van der Waals surface area contributed by atoms with Gasteiger partial charge in [0.15, 0.2) is 0 Å². The first-order valence-electron chi connectivity index (χ1n) is 9.67. The number of unbranched alkanes of at least 4 members (excludes halogenated alkanes) is 3. The van der Waals surface area contributed by atoms with Gasteiger partial charge in [-0.1, -0.05) is 33.1 Å². The molecule has 4 nitrogen and oxygen atoms in total. The summed E-state index contributed by atoms with van der Waals surface area (Å²) in [7, 11) is 0.